The maximum atomic E-state index is 12.9. The Balaban J connectivity index is 1.37. The first kappa shape index (κ1) is 20.9. The van der Waals surface area contributed by atoms with Crippen LogP contribution in [0.4, 0.5) is 0 Å². The molecule has 7 heteroatoms. The molecule has 1 aromatic heterocycles. The maximum absolute atomic E-state index is 12.9. The first-order valence-corrected chi connectivity index (χ1v) is 10.9. The Bertz CT molecular complexity index is 1030. The number of aromatic nitrogens is 2. The summed E-state index contributed by atoms with van der Waals surface area (Å²) in [4.78, 5) is 31.6. The third-order valence-electron chi connectivity index (χ3n) is 5.52. The Morgan fingerprint density at radius 3 is 2.52 bits per heavy atom. The van der Waals surface area contributed by atoms with E-state index in [0.29, 0.717) is 18.7 Å². The number of rotatable bonds is 8. The minimum absolute atomic E-state index is 0.0339. The molecule has 0 aliphatic carbocycles. The number of nitrogens with one attached hydrogen (secondary N) is 1. The molecular formula is C24H28N4O3. The zero-order valence-corrected chi connectivity index (χ0v) is 17.6. The van der Waals surface area contributed by atoms with Crippen molar-refractivity contribution in [3.05, 3.63) is 60.4 Å². The molecule has 1 fully saturated rings. The van der Waals surface area contributed by atoms with Crippen molar-refractivity contribution in [3.8, 4) is 5.75 Å². The van der Waals surface area contributed by atoms with Gasteiger partial charge in [0.05, 0.1) is 11.0 Å². The minimum Gasteiger partial charge on any atom is -0.484 e. The molecule has 0 saturated carbocycles. The molecule has 3 aromatic rings. The first-order valence-electron chi connectivity index (χ1n) is 10.9. The van der Waals surface area contributed by atoms with Crippen LogP contribution in [0, 0.1) is 0 Å². The van der Waals surface area contributed by atoms with E-state index in [1.165, 1.54) is 6.42 Å². The van der Waals surface area contributed by atoms with Crippen molar-refractivity contribution in [1.29, 1.82) is 0 Å². The second-order valence-electron chi connectivity index (χ2n) is 7.75. The van der Waals surface area contributed by atoms with E-state index in [-0.39, 0.29) is 25.0 Å². The molecule has 1 aliphatic rings. The Morgan fingerprint density at radius 1 is 0.968 bits per heavy atom. The molecule has 0 bridgehead atoms. The molecule has 2 heterocycles. The van der Waals surface area contributed by atoms with Crippen LogP contribution in [0.25, 0.3) is 11.0 Å². The van der Waals surface area contributed by atoms with Gasteiger partial charge in [0.2, 0.25) is 5.91 Å². The lowest BCUT2D eigenvalue weighted by molar-refractivity contribution is -0.132. The van der Waals surface area contributed by atoms with E-state index in [9.17, 15) is 9.59 Å². The van der Waals surface area contributed by atoms with Crippen molar-refractivity contribution < 1.29 is 14.3 Å². The fraction of sp³-hybridized carbons (Fsp3) is 0.375. The van der Waals surface area contributed by atoms with Crippen LogP contribution in [-0.4, -0.2) is 52.5 Å². The van der Waals surface area contributed by atoms with E-state index in [1.807, 2.05) is 64.1 Å². The average Bonchev–Trinajstić information content (AvgIpc) is 3.16. The van der Waals surface area contributed by atoms with E-state index in [2.05, 4.69) is 5.32 Å². The molecule has 162 valence electrons. The molecule has 7 nitrogen and oxygen atoms in total. The molecule has 0 unspecified atom stereocenters. The van der Waals surface area contributed by atoms with Crippen LogP contribution in [0.2, 0.25) is 0 Å². The van der Waals surface area contributed by atoms with Crippen LogP contribution in [-0.2, 0) is 22.6 Å². The lowest BCUT2D eigenvalue weighted by Crippen LogP contribution is -2.38. The van der Waals surface area contributed by atoms with Gasteiger partial charge in [-0.2, -0.15) is 0 Å². The molecule has 0 spiro atoms. The van der Waals surface area contributed by atoms with Crippen LogP contribution >= 0.6 is 0 Å². The molecule has 0 radical (unpaired) electrons. The molecule has 31 heavy (non-hydrogen) atoms. The highest BCUT2D eigenvalue weighted by atomic mass is 16.5. The SMILES string of the molecule is O=C(COc1ccccc1)NCCc1nc2ccccc2n1CC(=O)N1CCCCC1. The van der Waals surface area contributed by atoms with E-state index in [0.717, 1.165) is 42.8 Å². The number of amides is 2. The van der Waals surface area contributed by atoms with Gasteiger partial charge in [-0.25, -0.2) is 4.98 Å². The summed E-state index contributed by atoms with van der Waals surface area (Å²) in [6, 6.07) is 17.1. The largest absolute Gasteiger partial charge is 0.484 e. The summed E-state index contributed by atoms with van der Waals surface area (Å²) in [5, 5.41) is 2.88. The number of piperidine rings is 1. The van der Waals surface area contributed by atoms with Gasteiger partial charge in [-0.1, -0.05) is 30.3 Å². The van der Waals surface area contributed by atoms with Crippen molar-refractivity contribution in [1.82, 2.24) is 19.8 Å². The number of hydrogen-bond donors (Lipinski definition) is 1. The molecular weight excluding hydrogens is 392 g/mol. The number of imidazole rings is 1. The second-order valence-corrected chi connectivity index (χ2v) is 7.75. The van der Waals surface area contributed by atoms with Crippen LogP contribution < -0.4 is 10.1 Å². The summed E-state index contributed by atoms with van der Waals surface area (Å²) in [7, 11) is 0. The van der Waals surface area contributed by atoms with Crippen molar-refractivity contribution >= 4 is 22.8 Å². The van der Waals surface area contributed by atoms with Gasteiger partial charge in [0.25, 0.3) is 5.91 Å². The number of benzene rings is 2. The highest BCUT2D eigenvalue weighted by Crippen LogP contribution is 2.18. The smallest absolute Gasteiger partial charge is 0.257 e. The Labute approximate surface area is 182 Å². The molecule has 1 saturated heterocycles. The van der Waals surface area contributed by atoms with Crippen LogP contribution in [0.5, 0.6) is 5.75 Å². The number of carbonyl (C=O) groups excluding carboxylic acids is 2. The summed E-state index contributed by atoms with van der Waals surface area (Å²) in [5.41, 5.74) is 1.81. The highest BCUT2D eigenvalue weighted by molar-refractivity contribution is 5.81. The highest BCUT2D eigenvalue weighted by Gasteiger charge is 2.20. The number of carbonyl (C=O) groups is 2. The van der Waals surface area contributed by atoms with Crippen molar-refractivity contribution in [3.63, 3.8) is 0 Å². The standard InChI is InChI=1S/C24H28N4O3/c29-23(18-31-19-9-3-1-4-10-19)25-14-13-22-26-20-11-5-6-12-21(20)28(22)17-24(30)27-15-7-2-8-16-27/h1,3-6,9-12H,2,7-8,13-18H2,(H,25,29). The summed E-state index contributed by atoms with van der Waals surface area (Å²) < 4.78 is 7.46. The number of para-hydroxylation sites is 3. The van der Waals surface area contributed by atoms with Gasteiger partial charge in [-0.3, -0.25) is 9.59 Å². The number of ether oxygens (including phenoxy) is 1. The molecule has 1 N–H and O–H groups in total. The van der Waals surface area contributed by atoms with Gasteiger partial charge in [0, 0.05) is 26.1 Å². The van der Waals surface area contributed by atoms with E-state index in [1.54, 1.807) is 0 Å². The monoisotopic (exact) mass is 420 g/mol. The van der Waals surface area contributed by atoms with Gasteiger partial charge >= 0.3 is 0 Å². The normalized spacial score (nSPS) is 13.9. The first-order chi connectivity index (χ1) is 15.2. The van der Waals surface area contributed by atoms with Gasteiger partial charge < -0.3 is 19.5 Å². The Morgan fingerprint density at radius 2 is 1.71 bits per heavy atom. The number of fused-ring (bicyclic) bond motifs is 1. The molecule has 4 rings (SSSR count). The zero-order valence-electron chi connectivity index (χ0n) is 17.6. The summed E-state index contributed by atoms with van der Waals surface area (Å²) in [6.45, 7) is 2.34. The number of likely N-dealkylation sites (tertiary alicyclic amines) is 1. The van der Waals surface area contributed by atoms with E-state index in [4.69, 9.17) is 9.72 Å². The van der Waals surface area contributed by atoms with Crippen molar-refractivity contribution in [2.45, 2.75) is 32.2 Å². The molecule has 0 atom stereocenters. The predicted octanol–water partition coefficient (Wildman–Crippen LogP) is 2.79. The topological polar surface area (TPSA) is 76.5 Å². The third kappa shape index (κ3) is 5.42. The number of hydrogen-bond acceptors (Lipinski definition) is 4. The third-order valence-corrected chi connectivity index (χ3v) is 5.52. The van der Waals surface area contributed by atoms with Gasteiger partial charge in [-0.05, 0) is 43.5 Å². The van der Waals surface area contributed by atoms with Gasteiger partial charge in [-0.15, -0.1) is 0 Å². The summed E-state index contributed by atoms with van der Waals surface area (Å²) in [6.07, 6.45) is 3.87. The van der Waals surface area contributed by atoms with Crippen molar-refractivity contribution in [2.75, 3.05) is 26.2 Å². The van der Waals surface area contributed by atoms with E-state index < -0.39 is 0 Å². The quantitative estimate of drug-likeness (QED) is 0.608. The lowest BCUT2D eigenvalue weighted by atomic mass is 10.1. The fourth-order valence-electron chi connectivity index (χ4n) is 3.90. The lowest BCUT2D eigenvalue weighted by Gasteiger charge is -2.27. The fourth-order valence-corrected chi connectivity index (χ4v) is 3.90. The Hall–Kier alpha value is -3.35. The summed E-state index contributed by atoms with van der Waals surface area (Å²) >= 11 is 0. The minimum atomic E-state index is -0.184. The maximum Gasteiger partial charge on any atom is 0.257 e. The average molecular weight is 421 g/mol. The molecule has 2 aromatic carbocycles. The van der Waals surface area contributed by atoms with E-state index >= 15 is 0 Å². The predicted molar refractivity (Wildman–Crippen MR) is 119 cm³/mol. The van der Waals surface area contributed by atoms with Crippen LogP contribution in [0.3, 0.4) is 0 Å². The molecule has 2 amide bonds. The van der Waals surface area contributed by atoms with Gasteiger partial charge in [0.1, 0.15) is 18.1 Å². The van der Waals surface area contributed by atoms with Crippen molar-refractivity contribution in [2.24, 2.45) is 0 Å². The summed E-state index contributed by atoms with van der Waals surface area (Å²) in [5.74, 6) is 1.41. The number of nitrogens with zero attached hydrogens (tertiary/aromatic N) is 3. The Kier molecular flexibility index (Phi) is 6.82. The molecule has 1 aliphatic heterocycles. The van der Waals surface area contributed by atoms with Crippen LogP contribution in [0.1, 0.15) is 25.1 Å². The zero-order chi connectivity index (χ0) is 21.5. The van der Waals surface area contributed by atoms with Gasteiger partial charge in [0.15, 0.2) is 6.61 Å². The second kappa shape index (κ2) is 10.1. The van der Waals surface area contributed by atoms with Crippen LogP contribution in [0.15, 0.2) is 54.6 Å².